The van der Waals surface area contributed by atoms with E-state index in [4.69, 9.17) is 0 Å². The largest absolute Gasteiger partial charge is 0.508 e. The molecule has 0 aliphatic rings. The van der Waals surface area contributed by atoms with Gasteiger partial charge >= 0.3 is 0 Å². The Morgan fingerprint density at radius 1 is 1.26 bits per heavy atom. The van der Waals surface area contributed by atoms with Gasteiger partial charge in [-0.05, 0) is 34.9 Å². The fraction of sp³-hybridized carbons (Fsp3) is 0.333. The van der Waals surface area contributed by atoms with Crippen LogP contribution in [-0.4, -0.2) is 16.8 Å². The monoisotopic (exact) mass is 277 g/mol. The van der Waals surface area contributed by atoms with Crippen molar-refractivity contribution in [3.8, 4) is 5.75 Å². The van der Waals surface area contributed by atoms with E-state index in [9.17, 15) is 10.2 Å². The maximum Gasteiger partial charge on any atom is 0.120 e. The third kappa shape index (κ3) is 3.56. The molecule has 1 heterocycles. The fourth-order valence-electron chi connectivity index (χ4n) is 2.09. The Kier molecular flexibility index (Phi) is 4.96. The zero-order valence-electron chi connectivity index (χ0n) is 10.9. The number of phenols is 1. The van der Waals surface area contributed by atoms with Crippen molar-refractivity contribution in [1.29, 1.82) is 0 Å². The summed E-state index contributed by atoms with van der Waals surface area (Å²) in [6.45, 7) is 2.53. The lowest BCUT2D eigenvalue weighted by Gasteiger charge is -2.20. The van der Waals surface area contributed by atoms with E-state index in [1.807, 2.05) is 35.0 Å². The number of nitrogens with one attached hydrogen (secondary N) is 1. The lowest BCUT2D eigenvalue weighted by atomic mass is 10.0. The van der Waals surface area contributed by atoms with Crippen LogP contribution in [0.5, 0.6) is 5.75 Å². The maximum absolute atomic E-state index is 10.1. The molecule has 19 heavy (non-hydrogen) atoms. The summed E-state index contributed by atoms with van der Waals surface area (Å²) in [6, 6.07) is 9.30. The van der Waals surface area contributed by atoms with Crippen molar-refractivity contribution in [2.45, 2.75) is 25.5 Å². The summed E-state index contributed by atoms with van der Waals surface area (Å²) in [5, 5.41) is 27.1. The number of rotatable bonds is 6. The molecule has 0 amide bonds. The fourth-order valence-corrected chi connectivity index (χ4v) is 2.80. The van der Waals surface area contributed by atoms with Crippen LogP contribution in [0, 0.1) is 0 Å². The lowest BCUT2D eigenvalue weighted by Crippen LogP contribution is -2.26. The number of aliphatic hydroxyl groups excluding tert-OH is 1. The van der Waals surface area contributed by atoms with Gasteiger partial charge in [0.1, 0.15) is 5.75 Å². The number of hydrogen-bond donors (Lipinski definition) is 3. The molecule has 0 bridgehead atoms. The third-order valence-electron chi connectivity index (χ3n) is 3.21. The van der Waals surface area contributed by atoms with Gasteiger partial charge in [0.05, 0.1) is 6.10 Å². The molecule has 0 spiro atoms. The molecule has 2 aromatic rings. The van der Waals surface area contributed by atoms with E-state index in [0.717, 1.165) is 17.5 Å². The minimum atomic E-state index is -0.508. The number of aromatic hydroxyl groups is 1. The molecular weight excluding hydrogens is 258 g/mol. The summed E-state index contributed by atoms with van der Waals surface area (Å²) in [5.74, 6) is 0.298. The second-order valence-corrected chi connectivity index (χ2v) is 5.28. The predicted molar refractivity (Wildman–Crippen MR) is 78.4 cm³/mol. The Balaban J connectivity index is 1.99. The van der Waals surface area contributed by atoms with Crippen LogP contribution in [0.4, 0.5) is 0 Å². The molecule has 1 aromatic heterocycles. The highest BCUT2D eigenvalue weighted by atomic mass is 32.1. The number of phenolic OH excluding ortho intramolecular Hbond substituents is 1. The molecule has 2 rings (SSSR count). The van der Waals surface area contributed by atoms with Crippen molar-refractivity contribution in [2.24, 2.45) is 0 Å². The highest BCUT2D eigenvalue weighted by Crippen LogP contribution is 2.26. The van der Waals surface area contributed by atoms with E-state index in [-0.39, 0.29) is 6.04 Å². The maximum atomic E-state index is 10.1. The Hall–Kier alpha value is -1.36. The van der Waals surface area contributed by atoms with Gasteiger partial charge in [0.25, 0.3) is 0 Å². The summed E-state index contributed by atoms with van der Waals surface area (Å²) in [4.78, 5) is 0. The summed E-state index contributed by atoms with van der Waals surface area (Å²) >= 11 is 1.58. The predicted octanol–water partition coefficient (Wildman–Crippen LogP) is 3.23. The van der Waals surface area contributed by atoms with Crippen LogP contribution < -0.4 is 5.32 Å². The molecule has 2 unspecified atom stereocenters. The SMILES string of the molecule is CCC(NCC(O)c1ccsc1)c1ccccc1O. The lowest BCUT2D eigenvalue weighted by molar-refractivity contribution is 0.169. The molecule has 0 aliphatic carbocycles. The van der Waals surface area contributed by atoms with Crippen molar-refractivity contribution >= 4 is 11.3 Å². The van der Waals surface area contributed by atoms with Gasteiger partial charge in [-0.1, -0.05) is 25.1 Å². The molecule has 3 N–H and O–H groups in total. The van der Waals surface area contributed by atoms with E-state index < -0.39 is 6.10 Å². The van der Waals surface area contributed by atoms with Gasteiger partial charge in [-0.3, -0.25) is 0 Å². The third-order valence-corrected chi connectivity index (χ3v) is 3.91. The Morgan fingerprint density at radius 2 is 2.05 bits per heavy atom. The van der Waals surface area contributed by atoms with E-state index in [1.54, 1.807) is 17.4 Å². The van der Waals surface area contributed by atoms with Crippen molar-refractivity contribution in [2.75, 3.05) is 6.54 Å². The van der Waals surface area contributed by atoms with E-state index in [1.165, 1.54) is 0 Å². The number of para-hydroxylation sites is 1. The first-order chi connectivity index (χ1) is 9.22. The van der Waals surface area contributed by atoms with Crippen molar-refractivity contribution in [3.05, 3.63) is 52.2 Å². The molecule has 0 fully saturated rings. The topological polar surface area (TPSA) is 52.5 Å². The van der Waals surface area contributed by atoms with Crippen molar-refractivity contribution < 1.29 is 10.2 Å². The molecule has 2 atom stereocenters. The zero-order valence-corrected chi connectivity index (χ0v) is 11.7. The number of benzene rings is 1. The number of aliphatic hydroxyl groups is 1. The summed E-state index contributed by atoms with van der Waals surface area (Å²) in [5.41, 5.74) is 1.81. The summed E-state index contributed by atoms with van der Waals surface area (Å²) < 4.78 is 0. The van der Waals surface area contributed by atoms with Crippen LogP contribution in [0.15, 0.2) is 41.1 Å². The highest BCUT2D eigenvalue weighted by Gasteiger charge is 2.15. The van der Waals surface area contributed by atoms with Gasteiger partial charge in [0.2, 0.25) is 0 Å². The van der Waals surface area contributed by atoms with Crippen LogP contribution in [0.2, 0.25) is 0 Å². The van der Waals surface area contributed by atoms with E-state index >= 15 is 0 Å². The van der Waals surface area contributed by atoms with Crippen LogP contribution in [0.25, 0.3) is 0 Å². The van der Waals surface area contributed by atoms with Crippen LogP contribution in [0.3, 0.4) is 0 Å². The zero-order chi connectivity index (χ0) is 13.7. The Morgan fingerprint density at radius 3 is 2.68 bits per heavy atom. The molecular formula is C15H19NO2S. The minimum absolute atomic E-state index is 0.0504. The Bertz CT molecular complexity index is 499. The van der Waals surface area contributed by atoms with E-state index in [2.05, 4.69) is 12.2 Å². The second kappa shape index (κ2) is 6.70. The average Bonchev–Trinajstić information content (AvgIpc) is 2.95. The first kappa shape index (κ1) is 14.1. The number of hydrogen-bond acceptors (Lipinski definition) is 4. The molecule has 1 aromatic carbocycles. The van der Waals surface area contributed by atoms with Crippen LogP contribution >= 0.6 is 11.3 Å². The van der Waals surface area contributed by atoms with Gasteiger partial charge in [0, 0.05) is 18.2 Å². The van der Waals surface area contributed by atoms with Crippen LogP contribution in [0.1, 0.15) is 36.6 Å². The van der Waals surface area contributed by atoms with E-state index in [0.29, 0.717) is 12.3 Å². The average molecular weight is 277 g/mol. The minimum Gasteiger partial charge on any atom is -0.508 e. The quantitative estimate of drug-likeness (QED) is 0.760. The standard InChI is InChI=1S/C15H19NO2S/c1-2-13(12-5-3-4-6-14(12)17)16-9-15(18)11-7-8-19-10-11/h3-8,10,13,15-18H,2,9H2,1H3. The number of thiophene rings is 1. The van der Waals surface area contributed by atoms with Crippen LogP contribution in [-0.2, 0) is 0 Å². The van der Waals surface area contributed by atoms with Gasteiger partial charge in [-0.15, -0.1) is 0 Å². The molecule has 3 nitrogen and oxygen atoms in total. The second-order valence-electron chi connectivity index (χ2n) is 4.50. The Labute approximate surface area is 117 Å². The first-order valence-electron chi connectivity index (χ1n) is 6.43. The molecule has 0 saturated carbocycles. The molecule has 102 valence electrons. The van der Waals surface area contributed by atoms with Gasteiger partial charge in [0.15, 0.2) is 0 Å². The molecule has 0 saturated heterocycles. The van der Waals surface area contributed by atoms with Crippen molar-refractivity contribution in [1.82, 2.24) is 5.32 Å². The van der Waals surface area contributed by atoms with Gasteiger partial charge in [-0.25, -0.2) is 0 Å². The smallest absolute Gasteiger partial charge is 0.120 e. The molecule has 4 heteroatoms. The molecule has 0 radical (unpaired) electrons. The summed E-state index contributed by atoms with van der Waals surface area (Å²) in [6.07, 6.45) is 0.347. The molecule has 0 aliphatic heterocycles. The van der Waals surface area contributed by atoms with Crippen molar-refractivity contribution in [3.63, 3.8) is 0 Å². The highest BCUT2D eigenvalue weighted by molar-refractivity contribution is 7.07. The first-order valence-corrected chi connectivity index (χ1v) is 7.38. The normalized spacial score (nSPS) is 14.2. The summed E-state index contributed by atoms with van der Waals surface area (Å²) in [7, 11) is 0. The van der Waals surface area contributed by atoms with Gasteiger partial charge in [-0.2, -0.15) is 11.3 Å². The van der Waals surface area contributed by atoms with Gasteiger partial charge < -0.3 is 15.5 Å².